The first-order valence-electron chi connectivity index (χ1n) is 6.18. The molecule has 5 nitrogen and oxygen atoms in total. The topological polar surface area (TPSA) is 75.1 Å². The Labute approximate surface area is 115 Å². The highest BCUT2D eigenvalue weighted by molar-refractivity contribution is 7.18. The van der Waals surface area contributed by atoms with Crippen molar-refractivity contribution in [2.75, 3.05) is 5.32 Å². The molecule has 0 aliphatic heterocycles. The maximum Gasteiger partial charge on any atom is 0.326 e. The zero-order valence-corrected chi connectivity index (χ0v) is 12.0. The lowest BCUT2D eigenvalue weighted by Crippen LogP contribution is -2.31. The molecule has 0 radical (unpaired) electrons. The van der Waals surface area contributed by atoms with Crippen LogP contribution in [-0.2, 0) is 4.79 Å². The van der Waals surface area contributed by atoms with E-state index in [0.717, 1.165) is 15.1 Å². The number of nitrogens with zero attached hydrogens (tertiary/aromatic N) is 2. The Morgan fingerprint density at radius 2 is 2.21 bits per heavy atom. The van der Waals surface area contributed by atoms with Crippen LogP contribution in [0.3, 0.4) is 0 Å². The molecule has 102 valence electrons. The van der Waals surface area contributed by atoms with Gasteiger partial charge in [0, 0.05) is 4.88 Å². The van der Waals surface area contributed by atoms with Gasteiger partial charge in [0.1, 0.15) is 23.0 Å². The third kappa shape index (κ3) is 3.20. The van der Waals surface area contributed by atoms with E-state index in [-0.39, 0.29) is 0 Å². The predicted octanol–water partition coefficient (Wildman–Crippen LogP) is 2.91. The van der Waals surface area contributed by atoms with E-state index in [1.807, 2.05) is 26.8 Å². The summed E-state index contributed by atoms with van der Waals surface area (Å²) >= 11 is 1.58. The monoisotopic (exact) mass is 279 g/mol. The summed E-state index contributed by atoms with van der Waals surface area (Å²) in [5, 5.41) is 13.2. The average Bonchev–Trinajstić information content (AvgIpc) is 2.68. The van der Waals surface area contributed by atoms with Crippen LogP contribution in [-0.4, -0.2) is 27.1 Å². The first-order chi connectivity index (χ1) is 8.97. The number of aliphatic carboxylic acids is 1. The summed E-state index contributed by atoms with van der Waals surface area (Å²) in [4.78, 5) is 21.7. The Kier molecular flexibility index (Phi) is 3.99. The number of carbonyl (C=O) groups is 1. The first-order valence-corrected chi connectivity index (χ1v) is 6.99. The predicted molar refractivity (Wildman–Crippen MR) is 76.7 cm³/mol. The van der Waals surface area contributed by atoms with E-state index in [4.69, 9.17) is 0 Å². The van der Waals surface area contributed by atoms with Gasteiger partial charge in [0.25, 0.3) is 0 Å². The Hall–Kier alpha value is -1.69. The van der Waals surface area contributed by atoms with Crippen molar-refractivity contribution in [2.45, 2.75) is 33.2 Å². The van der Waals surface area contributed by atoms with E-state index >= 15 is 0 Å². The molecule has 2 rings (SSSR count). The number of thiophene rings is 1. The number of anilines is 1. The maximum atomic E-state index is 11.3. The van der Waals surface area contributed by atoms with Crippen LogP contribution in [0, 0.1) is 12.8 Å². The van der Waals surface area contributed by atoms with Crippen LogP contribution in [0.5, 0.6) is 0 Å². The average molecular weight is 279 g/mol. The molecule has 2 aromatic rings. The fourth-order valence-corrected chi connectivity index (χ4v) is 2.80. The SMILES string of the molecule is Cc1cc2c(NC(CC(C)C)C(=O)O)ncnc2s1. The molecule has 0 saturated carbocycles. The molecule has 6 heteroatoms. The highest BCUT2D eigenvalue weighted by Gasteiger charge is 2.20. The molecule has 19 heavy (non-hydrogen) atoms. The molecule has 0 spiro atoms. The largest absolute Gasteiger partial charge is 0.480 e. The molecule has 1 atom stereocenters. The quantitative estimate of drug-likeness (QED) is 0.880. The number of hydrogen-bond acceptors (Lipinski definition) is 5. The van der Waals surface area contributed by atoms with Gasteiger partial charge < -0.3 is 10.4 Å². The molecular weight excluding hydrogens is 262 g/mol. The van der Waals surface area contributed by atoms with E-state index in [0.29, 0.717) is 18.2 Å². The molecule has 0 saturated heterocycles. The smallest absolute Gasteiger partial charge is 0.326 e. The minimum absolute atomic E-state index is 0.301. The Morgan fingerprint density at radius 3 is 2.84 bits per heavy atom. The summed E-state index contributed by atoms with van der Waals surface area (Å²) < 4.78 is 0. The van der Waals surface area contributed by atoms with Crippen molar-refractivity contribution in [3.05, 3.63) is 17.3 Å². The number of nitrogens with one attached hydrogen (secondary N) is 1. The number of carboxylic acids is 1. The Bertz CT molecular complexity index is 595. The van der Waals surface area contributed by atoms with Crippen molar-refractivity contribution in [3.63, 3.8) is 0 Å². The standard InChI is InChI=1S/C13H17N3O2S/c1-7(2)4-10(13(17)18)16-11-9-5-8(3)19-12(9)15-6-14-11/h5-7,10H,4H2,1-3H3,(H,17,18)(H,14,15,16). The normalized spacial score (nSPS) is 12.8. The second-order valence-corrected chi connectivity index (χ2v) is 6.20. The van der Waals surface area contributed by atoms with Gasteiger partial charge in [-0.2, -0.15) is 0 Å². The van der Waals surface area contributed by atoms with E-state index in [9.17, 15) is 9.90 Å². The van der Waals surface area contributed by atoms with Crippen LogP contribution in [0.1, 0.15) is 25.1 Å². The molecule has 2 N–H and O–H groups in total. The van der Waals surface area contributed by atoms with E-state index in [2.05, 4.69) is 15.3 Å². The van der Waals surface area contributed by atoms with Gasteiger partial charge in [-0.25, -0.2) is 14.8 Å². The number of aromatic nitrogens is 2. The molecule has 1 unspecified atom stereocenters. The fraction of sp³-hybridized carbons (Fsp3) is 0.462. The summed E-state index contributed by atoms with van der Waals surface area (Å²) in [6.07, 6.45) is 2.03. The van der Waals surface area contributed by atoms with Crippen molar-refractivity contribution in [1.29, 1.82) is 0 Å². The lowest BCUT2D eigenvalue weighted by atomic mass is 10.0. The number of aryl methyl sites for hydroxylation is 1. The maximum absolute atomic E-state index is 11.3. The van der Waals surface area contributed by atoms with Crippen LogP contribution >= 0.6 is 11.3 Å². The summed E-state index contributed by atoms with van der Waals surface area (Å²) in [5.74, 6) is 0.0463. The van der Waals surface area contributed by atoms with Crippen LogP contribution in [0.2, 0.25) is 0 Å². The van der Waals surface area contributed by atoms with Gasteiger partial charge in [0.2, 0.25) is 0 Å². The van der Waals surface area contributed by atoms with Gasteiger partial charge in [0.15, 0.2) is 0 Å². The van der Waals surface area contributed by atoms with Crippen molar-refractivity contribution in [3.8, 4) is 0 Å². The molecule has 2 aromatic heterocycles. The molecule has 0 bridgehead atoms. The Morgan fingerprint density at radius 1 is 1.47 bits per heavy atom. The molecule has 0 amide bonds. The highest BCUT2D eigenvalue weighted by Crippen LogP contribution is 2.28. The summed E-state index contributed by atoms with van der Waals surface area (Å²) in [5.41, 5.74) is 0. The van der Waals surface area contributed by atoms with Gasteiger partial charge in [-0.05, 0) is 25.3 Å². The van der Waals surface area contributed by atoms with E-state index in [1.54, 1.807) is 11.3 Å². The molecule has 0 aromatic carbocycles. The zero-order valence-electron chi connectivity index (χ0n) is 11.2. The van der Waals surface area contributed by atoms with Gasteiger partial charge in [-0.1, -0.05) is 13.8 Å². The molecule has 0 fully saturated rings. The highest BCUT2D eigenvalue weighted by atomic mass is 32.1. The Balaban J connectivity index is 2.30. The lowest BCUT2D eigenvalue weighted by Gasteiger charge is -2.17. The van der Waals surface area contributed by atoms with Gasteiger partial charge >= 0.3 is 5.97 Å². The van der Waals surface area contributed by atoms with Crippen molar-refractivity contribution in [2.24, 2.45) is 5.92 Å². The number of rotatable bonds is 5. The number of hydrogen-bond donors (Lipinski definition) is 2. The zero-order chi connectivity index (χ0) is 14.0. The second kappa shape index (κ2) is 5.52. The number of carboxylic acid groups (broad SMARTS) is 1. The third-order valence-electron chi connectivity index (χ3n) is 2.77. The van der Waals surface area contributed by atoms with Crippen molar-refractivity contribution in [1.82, 2.24) is 9.97 Å². The van der Waals surface area contributed by atoms with Gasteiger partial charge in [0.05, 0.1) is 5.39 Å². The summed E-state index contributed by atoms with van der Waals surface area (Å²) in [6, 6.07) is 1.36. The molecule has 0 aliphatic rings. The fourth-order valence-electron chi connectivity index (χ4n) is 1.95. The minimum atomic E-state index is -0.854. The van der Waals surface area contributed by atoms with Gasteiger partial charge in [-0.15, -0.1) is 11.3 Å². The summed E-state index contributed by atoms with van der Waals surface area (Å²) in [6.45, 7) is 6.00. The van der Waals surface area contributed by atoms with E-state index < -0.39 is 12.0 Å². The molecular formula is C13H17N3O2S. The minimum Gasteiger partial charge on any atom is -0.480 e. The first kappa shape index (κ1) is 13.7. The molecule has 0 aliphatic carbocycles. The van der Waals surface area contributed by atoms with Crippen LogP contribution in [0.15, 0.2) is 12.4 Å². The third-order valence-corrected chi connectivity index (χ3v) is 3.73. The second-order valence-electron chi connectivity index (χ2n) is 4.96. The van der Waals surface area contributed by atoms with Crippen LogP contribution in [0.4, 0.5) is 5.82 Å². The van der Waals surface area contributed by atoms with E-state index in [1.165, 1.54) is 6.33 Å². The van der Waals surface area contributed by atoms with Crippen molar-refractivity contribution >= 4 is 33.3 Å². The number of fused-ring (bicyclic) bond motifs is 1. The van der Waals surface area contributed by atoms with Crippen LogP contribution in [0.25, 0.3) is 10.2 Å². The molecule has 2 heterocycles. The lowest BCUT2D eigenvalue weighted by molar-refractivity contribution is -0.138. The van der Waals surface area contributed by atoms with Crippen molar-refractivity contribution < 1.29 is 9.90 Å². The van der Waals surface area contributed by atoms with Gasteiger partial charge in [-0.3, -0.25) is 0 Å². The van der Waals surface area contributed by atoms with Crippen LogP contribution < -0.4 is 5.32 Å². The summed E-state index contributed by atoms with van der Waals surface area (Å²) in [7, 11) is 0.